The zero-order valence-electron chi connectivity index (χ0n) is 20.2. The number of amidine groups is 1. The predicted octanol–water partition coefficient (Wildman–Crippen LogP) is 3.81. The van der Waals surface area contributed by atoms with Crippen molar-refractivity contribution in [2.75, 3.05) is 34.2 Å². The molecule has 2 atom stereocenters. The number of hydrogen-bond acceptors (Lipinski definition) is 4. The first-order valence-corrected chi connectivity index (χ1v) is 11.5. The van der Waals surface area contributed by atoms with Gasteiger partial charge in [0.2, 0.25) is 5.84 Å². The van der Waals surface area contributed by atoms with Crippen molar-refractivity contribution in [2.45, 2.75) is 84.3 Å². The van der Waals surface area contributed by atoms with Gasteiger partial charge in [0.1, 0.15) is 6.20 Å². The molecule has 1 heterocycles. The first kappa shape index (κ1) is 29.2. The van der Waals surface area contributed by atoms with E-state index in [-0.39, 0.29) is 17.6 Å². The number of quaternary nitrogens is 2. The Morgan fingerprint density at radius 1 is 0.968 bits per heavy atom. The van der Waals surface area contributed by atoms with Gasteiger partial charge in [0.05, 0.1) is 27.3 Å². The molecule has 0 spiro atoms. The predicted molar refractivity (Wildman–Crippen MR) is 123 cm³/mol. The molecule has 0 amide bonds. The topological polar surface area (TPSA) is 107 Å². The van der Waals surface area contributed by atoms with Crippen LogP contribution < -0.4 is 0 Å². The Kier molecular flexibility index (Phi) is 14.2. The van der Waals surface area contributed by atoms with E-state index in [1.165, 1.54) is 44.9 Å². The van der Waals surface area contributed by atoms with Gasteiger partial charge in [-0.2, -0.15) is 0 Å². The summed E-state index contributed by atoms with van der Waals surface area (Å²) in [5.41, 5.74) is 0. The molecule has 1 aliphatic rings. The Hall–Kier alpha value is -1.77. The van der Waals surface area contributed by atoms with Gasteiger partial charge in [0.15, 0.2) is 19.3 Å². The molecule has 0 aromatic rings. The summed E-state index contributed by atoms with van der Waals surface area (Å²) < 4.78 is 0.432. The van der Waals surface area contributed by atoms with E-state index < -0.39 is 18.2 Å². The molecule has 180 valence electrons. The van der Waals surface area contributed by atoms with Crippen LogP contribution in [0.5, 0.6) is 0 Å². The van der Waals surface area contributed by atoms with E-state index >= 15 is 0 Å². The van der Waals surface area contributed by atoms with Crippen LogP contribution in [0.1, 0.15) is 78.1 Å². The number of nitrogens with zero attached hydrogens (tertiary/aromatic N) is 3. The monoisotopic (exact) mass is 443 g/mol. The van der Waals surface area contributed by atoms with Crippen molar-refractivity contribution in [2.24, 2.45) is 4.99 Å². The molecule has 0 saturated heterocycles. The van der Waals surface area contributed by atoms with Gasteiger partial charge in [0.25, 0.3) is 0 Å². The van der Waals surface area contributed by atoms with E-state index in [2.05, 4.69) is 11.9 Å². The maximum Gasteiger partial charge on any atom is 0.360 e. The summed E-state index contributed by atoms with van der Waals surface area (Å²) in [5, 5.41) is 27.4. The zero-order valence-corrected chi connectivity index (χ0v) is 20.2. The highest BCUT2D eigenvalue weighted by molar-refractivity contribution is 5.81. The molecule has 2 unspecified atom stereocenters. The second-order valence-electron chi connectivity index (χ2n) is 9.38. The molecule has 0 bridgehead atoms. The van der Waals surface area contributed by atoms with Crippen molar-refractivity contribution >= 4 is 17.8 Å². The van der Waals surface area contributed by atoms with Crippen molar-refractivity contribution in [3.05, 3.63) is 12.4 Å². The van der Waals surface area contributed by atoms with Crippen LogP contribution in [0.25, 0.3) is 0 Å². The first-order chi connectivity index (χ1) is 14.4. The third kappa shape index (κ3) is 13.3. The van der Waals surface area contributed by atoms with Crippen molar-refractivity contribution in [3.8, 4) is 0 Å². The van der Waals surface area contributed by atoms with Gasteiger partial charge in [-0.05, 0) is 6.42 Å². The van der Waals surface area contributed by atoms with Gasteiger partial charge in [0, 0.05) is 13.3 Å². The lowest BCUT2D eigenvalue weighted by molar-refractivity contribution is -0.862. The lowest BCUT2D eigenvalue weighted by Crippen LogP contribution is -2.55. The highest BCUT2D eigenvalue weighted by Crippen LogP contribution is 2.24. The van der Waals surface area contributed by atoms with E-state index in [1.54, 1.807) is 19.3 Å². The second kappa shape index (κ2) is 15.1. The largest absolute Gasteiger partial charge is 0.477 e. The van der Waals surface area contributed by atoms with E-state index in [1.807, 2.05) is 21.1 Å². The summed E-state index contributed by atoms with van der Waals surface area (Å²) in [7, 11) is 5.52. The Labute approximate surface area is 188 Å². The molecule has 0 aromatic carbocycles. The Morgan fingerprint density at radius 3 is 1.87 bits per heavy atom. The number of unbranched alkanes of at least 4 members (excludes halogenated alkanes) is 8. The van der Waals surface area contributed by atoms with Crippen LogP contribution in [0, 0.1) is 0 Å². The van der Waals surface area contributed by atoms with Crippen LogP contribution in [0.3, 0.4) is 0 Å². The van der Waals surface area contributed by atoms with Crippen molar-refractivity contribution < 1.29 is 33.9 Å². The van der Waals surface area contributed by atoms with E-state index in [0.29, 0.717) is 4.48 Å². The molecule has 0 radical (unpaired) electrons. The summed E-state index contributed by atoms with van der Waals surface area (Å²) in [4.78, 5) is 25.4. The number of aliphatic hydroxyl groups excluding tert-OH is 1. The van der Waals surface area contributed by atoms with E-state index in [4.69, 9.17) is 10.2 Å². The number of carboxylic acid groups (broad SMARTS) is 2. The zero-order chi connectivity index (χ0) is 23.9. The molecular formula is C23H45N3O5+2. The lowest BCUT2D eigenvalue weighted by Gasteiger charge is -2.33. The number of aliphatic imine (C=N–C) groups is 1. The molecule has 0 aromatic heterocycles. The first-order valence-electron chi connectivity index (χ1n) is 11.5. The maximum absolute atomic E-state index is 11.1. The van der Waals surface area contributed by atoms with Crippen LogP contribution in [0.2, 0.25) is 0 Å². The number of rotatable bonds is 15. The van der Waals surface area contributed by atoms with Crippen LogP contribution in [0.15, 0.2) is 17.4 Å². The minimum Gasteiger partial charge on any atom is -0.477 e. The van der Waals surface area contributed by atoms with Gasteiger partial charge in [-0.1, -0.05) is 58.3 Å². The van der Waals surface area contributed by atoms with Gasteiger partial charge >= 0.3 is 11.9 Å². The standard InChI is InChI=1S/C18H32N2O3.C5H11NO2/c1-3-4-5-6-7-8-9-10-11-12-17-19-13-14-20(17,16(2)21)15-18(22)23;1-6(2,3)4-5(7)8/h13-14,16,21H,3-12,15H2,1-2H3;4H2,1-3H3/p+2. The molecule has 3 N–H and O–H groups in total. The van der Waals surface area contributed by atoms with Crippen LogP contribution in [-0.2, 0) is 9.59 Å². The fourth-order valence-corrected chi connectivity index (χ4v) is 3.54. The summed E-state index contributed by atoms with van der Waals surface area (Å²) in [6.07, 6.45) is 14.6. The summed E-state index contributed by atoms with van der Waals surface area (Å²) in [6, 6.07) is 0. The molecule has 1 rings (SSSR count). The van der Waals surface area contributed by atoms with E-state index in [9.17, 15) is 14.7 Å². The molecule has 8 heteroatoms. The second-order valence-corrected chi connectivity index (χ2v) is 9.38. The molecule has 1 aliphatic heterocycles. The average molecular weight is 444 g/mol. The summed E-state index contributed by atoms with van der Waals surface area (Å²) >= 11 is 0. The Bertz CT molecular complexity index is 597. The minimum absolute atomic E-state index is 0.0493. The van der Waals surface area contributed by atoms with Crippen molar-refractivity contribution in [3.63, 3.8) is 0 Å². The van der Waals surface area contributed by atoms with Crippen LogP contribution >= 0.6 is 0 Å². The Morgan fingerprint density at radius 2 is 1.48 bits per heavy atom. The normalized spacial score (nSPS) is 18.8. The Balaban J connectivity index is 0.000000954. The van der Waals surface area contributed by atoms with E-state index in [0.717, 1.165) is 25.1 Å². The fraction of sp³-hybridized carbons (Fsp3) is 0.783. The van der Waals surface area contributed by atoms with Gasteiger partial charge < -0.3 is 19.8 Å². The number of carbonyl (C=O) groups is 2. The average Bonchev–Trinajstić information content (AvgIpc) is 3.02. The number of aliphatic hydroxyl groups is 1. The minimum atomic E-state index is -0.919. The molecule has 0 aliphatic carbocycles. The maximum atomic E-state index is 11.1. The third-order valence-electron chi connectivity index (χ3n) is 5.21. The highest BCUT2D eigenvalue weighted by atomic mass is 16.4. The number of carboxylic acids is 2. The van der Waals surface area contributed by atoms with Gasteiger partial charge in [-0.15, -0.1) is 0 Å². The number of aliphatic carboxylic acids is 2. The fourth-order valence-electron chi connectivity index (χ4n) is 3.54. The summed E-state index contributed by atoms with van der Waals surface area (Å²) in [6.45, 7) is 3.89. The third-order valence-corrected chi connectivity index (χ3v) is 5.21. The number of likely N-dealkylation sites (N-methyl/N-ethyl adjacent to an activating group) is 1. The highest BCUT2D eigenvalue weighted by Gasteiger charge is 2.41. The molecule has 0 fully saturated rings. The SMILES string of the molecule is CCCCCCCCCCCC1=NC=C[N+]1(CC(=O)O)C(C)O.C[N+](C)(C)CC(=O)O. The lowest BCUT2D eigenvalue weighted by atomic mass is 10.1. The summed E-state index contributed by atoms with van der Waals surface area (Å²) in [5.74, 6) is -0.903. The van der Waals surface area contributed by atoms with Gasteiger partial charge in [-0.25, -0.2) is 19.1 Å². The van der Waals surface area contributed by atoms with Crippen molar-refractivity contribution in [1.82, 2.24) is 0 Å². The molecular weight excluding hydrogens is 398 g/mol. The quantitative estimate of drug-likeness (QED) is 0.264. The van der Waals surface area contributed by atoms with Gasteiger partial charge in [-0.3, -0.25) is 0 Å². The van der Waals surface area contributed by atoms with Crippen LogP contribution in [0.4, 0.5) is 0 Å². The smallest absolute Gasteiger partial charge is 0.360 e. The number of hydrogen-bond donors (Lipinski definition) is 3. The molecule has 0 saturated carbocycles. The molecule has 8 nitrogen and oxygen atoms in total. The van der Waals surface area contributed by atoms with Crippen LogP contribution in [-0.4, -0.2) is 82.5 Å². The molecule has 31 heavy (non-hydrogen) atoms. The van der Waals surface area contributed by atoms with Crippen molar-refractivity contribution in [1.29, 1.82) is 0 Å².